The highest BCUT2D eigenvalue weighted by molar-refractivity contribution is 5.77. The van der Waals surface area contributed by atoms with Gasteiger partial charge in [-0.05, 0) is 37.5 Å². The summed E-state index contributed by atoms with van der Waals surface area (Å²) in [5, 5.41) is 3.24. The fraction of sp³-hybridized carbons (Fsp3) is 0.533. The van der Waals surface area contributed by atoms with Crippen LogP contribution in [-0.2, 0) is 11.2 Å². The van der Waals surface area contributed by atoms with Crippen LogP contribution in [0.5, 0.6) is 5.75 Å². The molecule has 0 saturated heterocycles. The van der Waals surface area contributed by atoms with Crippen molar-refractivity contribution in [1.82, 2.24) is 10.2 Å². The summed E-state index contributed by atoms with van der Waals surface area (Å²) < 4.78 is 5.13. The van der Waals surface area contributed by atoms with Crippen LogP contribution in [-0.4, -0.2) is 44.6 Å². The predicted molar refractivity (Wildman–Crippen MR) is 77.5 cm³/mol. The standard InChI is InChI=1S/C15H24N2O2/c1-12(16-11-15(18)17(2)3)5-6-13-7-9-14(19-4)10-8-13/h7-10,12,16H,5-6,11H2,1-4H3. The van der Waals surface area contributed by atoms with Gasteiger partial charge >= 0.3 is 0 Å². The number of rotatable bonds is 7. The van der Waals surface area contributed by atoms with Crippen molar-refractivity contribution in [3.05, 3.63) is 29.8 Å². The number of nitrogens with one attached hydrogen (secondary N) is 1. The van der Waals surface area contributed by atoms with Gasteiger partial charge in [-0.25, -0.2) is 0 Å². The van der Waals surface area contributed by atoms with Crippen LogP contribution in [0.1, 0.15) is 18.9 Å². The molecule has 4 nitrogen and oxygen atoms in total. The van der Waals surface area contributed by atoms with E-state index < -0.39 is 0 Å². The molecule has 1 atom stereocenters. The molecule has 1 aromatic rings. The van der Waals surface area contributed by atoms with Crippen molar-refractivity contribution in [1.29, 1.82) is 0 Å². The molecule has 0 aliphatic heterocycles. The number of methoxy groups -OCH3 is 1. The highest BCUT2D eigenvalue weighted by atomic mass is 16.5. The fourth-order valence-corrected chi connectivity index (χ4v) is 1.70. The molecular formula is C15H24N2O2. The lowest BCUT2D eigenvalue weighted by molar-refractivity contribution is -0.127. The van der Waals surface area contributed by atoms with Gasteiger partial charge in [0.25, 0.3) is 0 Å². The first kappa shape index (κ1) is 15.5. The molecule has 4 heteroatoms. The van der Waals surface area contributed by atoms with Crippen molar-refractivity contribution >= 4 is 5.91 Å². The highest BCUT2D eigenvalue weighted by Gasteiger charge is 2.07. The Morgan fingerprint density at radius 1 is 1.32 bits per heavy atom. The zero-order valence-electron chi connectivity index (χ0n) is 12.3. The van der Waals surface area contributed by atoms with Crippen LogP contribution < -0.4 is 10.1 Å². The number of carbonyl (C=O) groups is 1. The van der Waals surface area contributed by atoms with Crippen molar-refractivity contribution < 1.29 is 9.53 Å². The second-order valence-electron chi connectivity index (χ2n) is 4.96. The third-order valence-corrected chi connectivity index (χ3v) is 3.13. The normalized spacial score (nSPS) is 12.0. The lowest BCUT2D eigenvalue weighted by Crippen LogP contribution is -2.37. The van der Waals surface area contributed by atoms with Crippen LogP contribution in [0.4, 0.5) is 0 Å². The number of hydrogen-bond acceptors (Lipinski definition) is 3. The van der Waals surface area contributed by atoms with Gasteiger partial charge in [-0.15, -0.1) is 0 Å². The number of ether oxygens (including phenoxy) is 1. The number of likely N-dealkylation sites (N-methyl/N-ethyl adjacent to an activating group) is 1. The summed E-state index contributed by atoms with van der Waals surface area (Å²) in [6, 6.07) is 8.44. The van der Waals surface area contributed by atoms with Crippen molar-refractivity contribution in [3.63, 3.8) is 0 Å². The van der Waals surface area contributed by atoms with Gasteiger partial charge in [0, 0.05) is 20.1 Å². The number of amides is 1. The molecular weight excluding hydrogens is 240 g/mol. The Kier molecular flexibility index (Phi) is 6.36. The van der Waals surface area contributed by atoms with Gasteiger partial charge in [-0.3, -0.25) is 4.79 Å². The average Bonchev–Trinajstić information content (AvgIpc) is 2.42. The third kappa shape index (κ3) is 5.75. The Morgan fingerprint density at radius 2 is 1.95 bits per heavy atom. The van der Waals surface area contributed by atoms with Crippen LogP contribution in [0.3, 0.4) is 0 Å². The molecule has 0 aromatic heterocycles. The maximum absolute atomic E-state index is 11.4. The smallest absolute Gasteiger partial charge is 0.236 e. The Labute approximate surface area is 115 Å². The van der Waals surface area contributed by atoms with E-state index in [1.807, 2.05) is 12.1 Å². The molecule has 1 N–H and O–H groups in total. The summed E-state index contributed by atoms with van der Waals surface area (Å²) in [4.78, 5) is 13.0. The Hall–Kier alpha value is -1.55. The molecule has 1 aromatic carbocycles. The monoisotopic (exact) mass is 264 g/mol. The zero-order valence-corrected chi connectivity index (χ0v) is 12.3. The second-order valence-corrected chi connectivity index (χ2v) is 4.96. The van der Waals surface area contributed by atoms with Crippen LogP contribution in [0.25, 0.3) is 0 Å². The maximum Gasteiger partial charge on any atom is 0.236 e. The van der Waals surface area contributed by atoms with Crippen molar-refractivity contribution in [2.75, 3.05) is 27.7 Å². The van der Waals surface area contributed by atoms with Gasteiger partial charge < -0.3 is 15.0 Å². The van der Waals surface area contributed by atoms with Crippen LogP contribution in [0.2, 0.25) is 0 Å². The van der Waals surface area contributed by atoms with E-state index in [-0.39, 0.29) is 5.91 Å². The molecule has 0 spiro atoms. The van der Waals surface area contributed by atoms with Crippen LogP contribution >= 0.6 is 0 Å². The van der Waals surface area contributed by atoms with E-state index in [0.29, 0.717) is 12.6 Å². The fourth-order valence-electron chi connectivity index (χ4n) is 1.70. The molecule has 0 aliphatic rings. The molecule has 0 aliphatic carbocycles. The van der Waals surface area contributed by atoms with E-state index in [9.17, 15) is 4.79 Å². The summed E-state index contributed by atoms with van der Waals surface area (Å²) in [5.41, 5.74) is 1.29. The van der Waals surface area contributed by atoms with Crippen LogP contribution in [0.15, 0.2) is 24.3 Å². The Bertz CT molecular complexity index is 388. The molecule has 0 bridgehead atoms. The van der Waals surface area contributed by atoms with E-state index in [2.05, 4.69) is 24.4 Å². The number of nitrogens with zero attached hydrogens (tertiary/aromatic N) is 1. The second kappa shape index (κ2) is 7.79. The lowest BCUT2D eigenvalue weighted by Gasteiger charge is -2.16. The quantitative estimate of drug-likeness (QED) is 0.815. The summed E-state index contributed by atoms with van der Waals surface area (Å²) in [6.07, 6.45) is 2.00. The van der Waals surface area contributed by atoms with Gasteiger partial charge in [0.15, 0.2) is 0 Å². The summed E-state index contributed by atoms with van der Waals surface area (Å²) >= 11 is 0. The Balaban J connectivity index is 2.29. The molecule has 106 valence electrons. The van der Waals surface area contributed by atoms with Gasteiger partial charge in [0.05, 0.1) is 13.7 Å². The first-order valence-corrected chi connectivity index (χ1v) is 6.59. The molecule has 0 radical (unpaired) electrons. The van der Waals surface area contributed by atoms with Gasteiger partial charge in [-0.1, -0.05) is 12.1 Å². The molecule has 1 rings (SSSR count). The molecule has 1 unspecified atom stereocenters. The zero-order chi connectivity index (χ0) is 14.3. The molecule has 0 heterocycles. The molecule has 1 amide bonds. The lowest BCUT2D eigenvalue weighted by atomic mass is 10.1. The SMILES string of the molecule is COc1ccc(CCC(C)NCC(=O)N(C)C)cc1. The van der Waals surface area contributed by atoms with Crippen molar-refractivity contribution in [2.24, 2.45) is 0 Å². The van der Waals surface area contributed by atoms with E-state index in [4.69, 9.17) is 4.74 Å². The minimum absolute atomic E-state index is 0.108. The third-order valence-electron chi connectivity index (χ3n) is 3.13. The first-order chi connectivity index (χ1) is 9.02. The summed E-state index contributed by atoms with van der Waals surface area (Å²) in [7, 11) is 5.21. The van der Waals surface area contributed by atoms with Gasteiger partial charge in [0.1, 0.15) is 5.75 Å². The minimum atomic E-state index is 0.108. The predicted octanol–water partition coefficient (Wildman–Crippen LogP) is 1.69. The molecule has 0 fully saturated rings. The summed E-state index contributed by atoms with van der Waals surface area (Å²) in [6.45, 7) is 2.50. The van der Waals surface area contributed by atoms with Crippen LogP contribution in [0, 0.1) is 0 Å². The Morgan fingerprint density at radius 3 is 2.47 bits per heavy atom. The summed E-state index contributed by atoms with van der Waals surface area (Å²) in [5.74, 6) is 0.989. The van der Waals surface area contributed by atoms with E-state index >= 15 is 0 Å². The van der Waals surface area contributed by atoms with Gasteiger partial charge in [0.2, 0.25) is 5.91 Å². The maximum atomic E-state index is 11.4. The topological polar surface area (TPSA) is 41.6 Å². The average molecular weight is 264 g/mol. The number of benzene rings is 1. The molecule has 19 heavy (non-hydrogen) atoms. The number of hydrogen-bond donors (Lipinski definition) is 1. The van der Waals surface area contributed by atoms with E-state index in [0.717, 1.165) is 18.6 Å². The first-order valence-electron chi connectivity index (χ1n) is 6.59. The van der Waals surface area contributed by atoms with Gasteiger partial charge in [-0.2, -0.15) is 0 Å². The van der Waals surface area contributed by atoms with E-state index in [1.54, 1.807) is 26.1 Å². The number of carbonyl (C=O) groups excluding carboxylic acids is 1. The minimum Gasteiger partial charge on any atom is -0.497 e. The van der Waals surface area contributed by atoms with Crippen molar-refractivity contribution in [2.45, 2.75) is 25.8 Å². The highest BCUT2D eigenvalue weighted by Crippen LogP contribution is 2.13. The number of aryl methyl sites for hydroxylation is 1. The van der Waals surface area contributed by atoms with Crippen molar-refractivity contribution in [3.8, 4) is 5.75 Å². The largest absolute Gasteiger partial charge is 0.497 e. The molecule has 0 saturated carbocycles. The van der Waals surface area contributed by atoms with E-state index in [1.165, 1.54) is 5.56 Å².